The number of fused-ring (bicyclic) bond motifs is 1. The molecule has 8 nitrogen and oxygen atoms in total. The molecule has 152 valence electrons. The van der Waals surface area contributed by atoms with Gasteiger partial charge in [-0.1, -0.05) is 17.7 Å². The van der Waals surface area contributed by atoms with E-state index in [1.165, 1.54) is 25.3 Å². The summed E-state index contributed by atoms with van der Waals surface area (Å²) in [6.45, 7) is 1.60. The highest BCUT2D eigenvalue weighted by Gasteiger charge is 2.16. The lowest BCUT2D eigenvalue weighted by Crippen LogP contribution is -2.41. The SMILES string of the molecule is CCOc1cc(Cn2c(=O)c3cc(Cl)ccc3n(CC(=O)O)c2=O)ccc1OC. The summed E-state index contributed by atoms with van der Waals surface area (Å²) in [6.07, 6.45) is 0. The maximum atomic E-state index is 13.0. The monoisotopic (exact) mass is 418 g/mol. The fraction of sp³-hybridized carbons (Fsp3) is 0.250. The van der Waals surface area contributed by atoms with Gasteiger partial charge in [0.25, 0.3) is 5.56 Å². The number of nitrogens with zero attached hydrogens (tertiary/aromatic N) is 2. The van der Waals surface area contributed by atoms with Gasteiger partial charge in [0.1, 0.15) is 6.54 Å². The van der Waals surface area contributed by atoms with Crippen LogP contribution < -0.4 is 20.7 Å². The lowest BCUT2D eigenvalue weighted by Gasteiger charge is -2.14. The van der Waals surface area contributed by atoms with Crippen LogP contribution in [0.15, 0.2) is 46.0 Å². The Hall–Kier alpha value is -3.26. The molecule has 0 amide bonds. The van der Waals surface area contributed by atoms with E-state index in [9.17, 15) is 19.5 Å². The normalized spacial score (nSPS) is 10.9. The molecular weight excluding hydrogens is 400 g/mol. The van der Waals surface area contributed by atoms with E-state index in [1.807, 2.05) is 6.92 Å². The Labute approximate surface area is 170 Å². The lowest BCUT2D eigenvalue weighted by molar-refractivity contribution is -0.137. The van der Waals surface area contributed by atoms with Crippen molar-refractivity contribution in [2.75, 3.05) is 13.7 Å². The first-order chi connectivity index (χ1) is 13.8. The van der Waals surface area contributed by atoms with E-state index < -0.39 is 23.8 Å². The van der Waals surface area contributed by atoms with Gasteiger partial charge in [0.15, 0.2) is 11.5 Å². The summed E-state index contributed by atoms with van der Waals surface area (Å²) >= 11 is 6.01. The van der Waals surface area contributed by atoms with Gasteiger partial charge in [-0.3, -0.25) is 18.7 Å². The molecule has 0 unspecified atom stereocenters. The summed E-state index contributed by atoms with van der Waals surface area (Å²) in [4.78, 5) is 37.2. The fourth-order valence-electron chi connectivity index (χ4n) is 3.09. The van der Waals surface area contributed by atoms with Gasteiger partial charge in [0, 0.05) is 5.02 Å². The molecule has 0 spiro atoms. The van der Waals surface area contributed by atoms with Crippen LogP contribution >= 0.6 is 11.6 Å². The van der Waals surface area contributed by atoms with Crippen LogP contribution in [0.4, 0.5) is 0 Å². The predicted molar refractivity (Wildman–Crippen MR) is 108 cm³/mol. The zero-order chi connectivity index (χ0) is 21.1. The number of carboxylic acids is 1. The van der Waals surface area contributed by atoms with Crippen molar-refractivity contribution in [2.45, 2.75) is 20.0 Å². The molecule has 3 aromatic rings. The quantitative estimate of drug-likeness (QED) is 0.632. The Morgan fingerprint density at radius 1 is 1.10 bits per heavy atom. The predicted octanol–water partition coefficient (Wildman–Crippen LogP) is 2.36. The molecule has 29 heavy (non-hydrogen) atoms. The number of carbonyl (C=O) groups is 1. The third-order valence-corrected chi connectivity index (χ3v) is 4.58. The third kappa shape index (κ3) is 4.12. The highest BCUT2D eigenvalue weighted by atomic mass is 35.5. The number of rotatable bonds is 7. The minimum Gasteiger partial charge on any atom is -0.493 e. The Morgan fingerprint density at radius 3 is 2.52 bits per heavy atom. The number of hydrogen-bond donors (Lipinski definition) is 1. The molecule has 0 aliphatic heterocycles. The molecular formula is C20H19ClN2O6. The van der Waals surface area contributed by atoms with Crippen molar-refractivity contribution in [3.05, 3.63) is 67.8 Å². The highest BCUT2D eigenvalue weighted by Crippen LogP contribution is 2.28. The maximum absolute atomic E-state index is 13.0. The van der Waals surface area contributed by atoms with E-state index in [2.05, 4.69) is 0 Å². The van der Waals surface area contributed by atoms with Crippen molar-refractivity contribution < 1.29 is 19.4 Å². The molecule has 0 aliphatic rings. The first kappa shape index (κ1) is 20.5. The number of hydrogen-bond acceptors (Lipinski definition) is 5. The molecule has 0 aliphatic carbocycles. The van der Waals surface area contributed by atoms with Gasteiger partial charge >= 0.3 is 11.7 Å². The van der Waals surface area contributed by atoms with Crippen LogP contribution in [0.1, 0.15) is 12.5 Å². The second-order valence-corrected chi connectivity index (χ2v) is 6.67. The molecule has 0 fully saturated rings. The molecule has 0 radical (unpaired) electrons. The molecule has 2 aromatic carbocycles. The first-order valence-electron chi connectivity index (χ1n) is 8.80. The average molecular weight is 419 g/mol. The molecule has 1 aromatic heterocycles. The Morgan fingerprint density at radius 2 is 1.86 bits per heavy atom. The van der Waals surface area contributed by atoms with Crippen LogP contribution in [-0.4, -0.2) is 33.9 Å². The number of halogens is 1. The van der Waals surface area contributed by atoms with Crippen molar-refractivity contribution in [1.82, 2.24) is 9.13 Å². The van der Waals surface area contributed by atoms with Gasteiger partial charge in [0.2, 0.25) is 0 Å². The smallest absolute Gasteiger partial charge is 0.332 e. The summed E-state index contributed by atoms with van der Waals surface area (Å²) in [5.74, 6) is -0.191. The number of aliphatic carboxylic acids is 1. The van der Waals surface area contributed by atoms with Gasteiger partial charge < -0.3 is 14.6 Å². The van der Waals surface area contributed by atoms with Crippen LogP contribution in [0.25, 0.3) is 10.9 Å². The van der Waals surface area contributed by atoms with Gasteiger partial charge in [-0.15, -0.1) is 0 Å². The summed E-state index contributed by atoms with van der Waals surface area (Å²) in [5, 5.41) is 9.68. The van der Waals surface area contributed by atoms with Gasteiger partial charge in [-0.25, -0.2) is 4.79 Å². The average Bonchev–Trinajstić information content (AvgIpc) is 2.69. The van der Waals surface area contributed by atoms with Crippen LogP contribution in [-0.2, 0) is 17.9 Å². The van der Waals surface area contributed by atoms with E-state index in [0.29, 0.717) is 28.7 Å². The number of carboxylic acid groups (broad SMARTS) is 1. The zero-order valence-electron chi connectivity index (χ0n) is 15.8. The minimum atomic E-state index is -1.20. The number of methoxy groups -OCH3 is 1. The van der Waals surface area contributed by atoms with Crippen LogP contribution in [0.2, 0.25) is 5.02 Å². The number of benzene rings is 2. The van der Waals surface area contributed by atoms with Crippen LogP contribution in [0.3, 0.4) is 0 Å². The third-order valence-electron chi connectivity index (χ3n) is 4.35. The molecule has 3 rings (SSSR count). The van der Waals surface area contributed by atoms with Crippen LogP contribution in [0, 0.1) is 0 Å². The molecule has 9 heteroatoms. The zero-order valence-corrected chi connectivity index (χ0v) is 16.6. The molecule has 0 bridgehead atoms. The summed E-state index contributed by atoms with van der Waals surface area (Å²) < 4.78 is 12.8. The largest absolute Gasteiger partial charge is 0.493 e. The highest BCUT2D eigenvalue weighted by molar-refractivity contribution is 6.31. The lowest BCUT2D eigenvalue weighted by atomic mass is 10.2. The van der Waals surface area contributed by atoms with Crippen LogP contribution in [0.5, 0.6) is 11.5 Å². The van der Waals surface area contributed by atoms with Gasteiger partial charge in [-0.2, -0.15) is 0 Å². The molecule has 0 saturated carbocycles. The summed E-state index contributed by atoms with van der Waals surface area (Å²) in [7, 11) is 1.51. The molecule has 1 N–H and O–H groups in total. The van der Waals surface area contributed by atoms with Gasteiger partial charge in [-0.05, 0) is 42.8 Å². The standard InChI is InChI=1S/C20H19ClN2O6/c1-3-29-17-8-12(4-7-16(17)28-2)10-23-19(26)14-9-13(21)5-6-15(14)22(20(23)27)11-18(24)25/h4-9H,3,10-11H2,1-2H3,(H,24,25). The van der Waals surface area contributed by atoms with E-state index in [1.54, 1.807) is 18.2 Å². The molecule has 0 saturated heterocycles. The second kappa shape index (κ2) is 8.40. The van der Waals surface area contributed by atoms with E-state index in [4.69, 9.17) is 21.1 Å². The van der Waals surface area contributed by atoms with Crippen molar-refractivity contribution in [2.24, 2.45) is 0 Å². The Bertz CT molecular complexity index is 1200. The van der Waals surface area contributed by atoms with Gasteiger partial charge in [0.05, 0.1) is 31.2 Å². The Balaban J connectivity index is 2.19. The maximum Gasteiger partial charge on any atom is 0.332 e. The fourth-order valence-corrected chi connectivity index (χ4v) is 3.27. The van der Waals surface area contributed by atoms with Crippen molar-refractivity contribution in [3.63, 3.8) is 0 Å². The van der Waals surface area contributed by atoms with E-state index in [-0.39, 0.29) is 17.4 Å². The van der Waals surface area contributed by atoms with Crippen molar-refractivity contribution in [3.8, 4) is 11.5 Å². The number of aromatic nitrogens is 2. The van der Waals surface area contributed by atoms with Crippen molar-refractivity contribution >= 4 is 28.5 Å². The Kier molecular flexibility index (Phi) is 5.93. The van der Waals surface area contributed by atoms with E-state index in [0.717, 1.165) is 9.13 Å². The van der Waals surface area contributed by atoms with Crippen molar-refractivity contribution in [1.29, 1.82) is 0 Å². The topological polar surface area (TPSA) is 99.8 Å². The molecule has 0 atom stereocenters. The molecule has 1 heterocycles. The number of ether oxygens (including phenoxy) is 2. The summed E-state index contributed by atoms with van der Waals surface area (Å²) in [6, 6.07) is 9.46. The first-order valence-corrected chi connectivity index (χ1v) is 9.18. The second-order valence-electron chi connectivity index (χ2n) is 6.23. The summed E-state index contributed by atoms with van der Waals surface area (Å²) in [5.41, 5.74) is -0.437. The minimum absolute atomic E-state index is 0.0657. The van der Waals surface area contributed by atoms with E-state index >= 15 is 0 Å².